The Kier molecular flexibility index (Phi) is 5.74. The third-order valence-corrected chi connectivity index (χ3v) is 6.68. The fourth-order valence-corrected chi connectivity index (χ4v) is 4.73. The average molecular weight is 466 g/mol. The van der Waals surface area contributed by atoms with Crippen molar-refractivity contribution in [1.82, 2.24) is 19.9 Å². The molecule has 1 aliphatic heterocycles. The Morgan fingerprint density at radius 2 is 1.80 bits per heavy atom. The van der Waals surface area contributed by atoms with Crippen LogP contribution in [0.5, 0.6) is 5.88 Å². The predicted octanol–water partition coefficient (Wildman–Crippen LogP) is 5.46. The molecule has 35 heavy (non-hydrogen) atoms. The summed E-state index contributed by atoms with van der Waals surface area (Å²) in [6.07, 6.45) is 7.34. The Morgan fingerprint density at radius 1 is 0.943 bits per heavy atom. The second kappa shape index (κ2) is 9.33. The fourth-order valence-electron chi connectivity index (χ4n) is 4.73. The van der Waals surface area contributed by atoms with Gasteiger partial charge in [-0.1, -0.05) is 30.3 Å². The molecule has 1 aliphatic carbocycles. The van der Waals surface area contributed by atoms with E-state index in [1.807, 2.05) is 17.0 Å². The molecule has 0 radical (unpaired) electrons. The molecule has 0 atom stereocenters. The van der Waals surface area contributed by atoms with E-state index in [1.165, 1.54) is 12.8 Å². The van der Waals surface area contributed by atoms with Gasteiger partial charge in [0, 0.05) is 43.3 Å². The van der Waals surface area contributed by atoms with Crippen molar-refractivity contribution in [3.63, 3.8) is 0 Å². The van der Waals surface area contributed by atoms with Gasteiger partial charge in [0.25, 0.3) is 0 Å². The Bertz CT molecular complexity index is 1350. The smallest absolute Gasteiger partial charge is 0.391 e. The third kappa shape index (κ3) is 4.67. The molecule has 2 aliphatic rings. The molecule has 7 nitrogen and oxygen atoms in total. The molecule has 1 saturated heterocycles. The van der Waals surface area contributed by atoms with Crippen molar-refractivity contribution < 1.29 is 9.53 Å². The number of hydrogen-bond donors (Lipinski definition) is 0. The first-order valence-electron chi connectivity index (χ1n) is 12.2. The minimum absolute atomic E-state index is 0.218. The van der Waals surface area contributed by atoms with E-state index < -0.39 is 0 Å². The minimum Gasteiger partial charge on any atom is -0.391 e. The van der Waals surface area contributed by atoms with Crippen molar-refractivity contribution in [3.05, 3.63) is 78.8 Å². The van der Waals surface area contributed by atoms with Crippen LogP contribution < -0.4 is 9.64 Å². The van der Waals surface area contributed by atoms with Crippen LogP contribution in [-0.4, -0.2) is 45.1 Å². The fraction of sp³-hybridized carbons (Fsp3) is 0.286. The van der Waals surface area contributed by atoms with Gasteiger partial charge < -0.3 is 14.5 Å². The van der Waals surface area contributed by atoms with E-state index in [4.69, 9.17) is 4.74 Å². The van der Waals surface area contributed by atoms with Gasteiger partial charge >= 0.3 is 6.09 Å². The molecule has 1 amide bonds. The summed E-state index contributed by atoms with van der Waals surface area (Å²) in [5.41, 5.74) is 4.24. The molecule has 3 heterocycles. The van der Waals surface area contributed by atoms with E-state index in [0.717, 1.165) is 59.3 Å². The number of fused-ring (bicyclic) bond motifs is 1. The Balaban J connectivity index is 1.26. The zero-order valence-corrected chi connectivity index (χ0v) is 19.5. The Labute approximate surface area is 204 Å². The van der Waals surface area contributed by atoms with Crippen molar-refractivity contribution in [3.8, 4) is 17.0 Å². The van der Waals surface area contributed by atoms with E-state index in [1.54, 1.807) is 24.7 Å². The molecule has 0 N–H and O–H groups in total. The summed E-state index contributed by atoms with van der Waals surface area (Å²) in [5, 5.41) is 1.08. The Hall–Kier alpha value is -4.00. The van der Waals surface area contributed by atoms with Gasteiger partial charge in [-0.05, 0) is 66.6 Å². The SMILES string of the molecule is O=C(Oc1ccccn1)N(Cc1cccc(-c2ccc3ncnc(N4CCCC4)c3c2)c1)C1CC1. The van der Waals surface area contributed by atoms with Crippen LogP contribution in [0.2, 0.25) is 0 Å². The van der Waals surface area contributed by atoms with Crippen molar-refractivity contribution >= 4 is 22.8 Å². The standard InChI is InChI=1S/C28H27N5O2/c34-28(35-26-8-1-2-13-29-26)33(23-10-11-23)18-20-6-5-7-21(16-20)22-9-12-25-24(17-22)27(31-19-30-25)32-14-3-4-15-32/h1-2,5-9,12-13,16-17,19,23H,3-4,10-11,14-15,18H2. The number of ether oxygens (including phenoxy) is 1. The molecule has 7 heteroatoms. The highest BCUT2D eigenvalue weighted by atomic mass is 16.6. The molecule has 0 bridgehead atoms. The molecular weight excluding hydrogens is 438 g/mol. The summed E-state index contributed by atoms with van der Waals surface area (Å²) in [5.74, 6) is 1.34. The largest absolute Gasteiger partial charge is 0.417 e. The molecule has 0 unspecified atom stereocenters. The normalized spacial score (nSPS) is 15.4. The highest BCUT2D eigenvalue weighted by molar-refractivity contribution is 5.93. The lowest BCUT2D eigenvalue weighted by atomic mass is 10.0. The second-order valence-corrected chi connectivity index (χ2v) is 9.22. The average Bonchev–Trinajstić information content (AvgIpc) is 3.60. The van der Waals surface area contributed by atoms with Crippen molar-refractivity contribution in [2.24, 2.45) is 0 Å². The van der Waals surface area contributed by atoms with Crippen LogP contribution in [0.15, 0.2) is 73.2 Å². The van der Waals surface area contributed by atoms with E-state index in [-0.39, 0.29) is 12.1 Å². The zero-order chi connectivity index (χ0) is 23.6. The van der Waals surface area contributed by atoms with E-state index in [0.29, 0.717) is 12.4 Å². The lowest BCUT2D eigenvalue weighted by molar-refractivity contribution is 0.144. The predicted molar refractivity (Wildman–Crippen MR) is 135 cm³/mol. The minimum atomic E-state index is -0.352. The third-order valence-electron chi connectivity index (χ3n) is 6.68. The van der Waals surface area contributed by atoms with Crippen LogP contribution in [0.4, 0.5) is 10.6 Å². The molecule has 0 spiro atoms. The number of benzene rings is 2. The van der Waals surface area contributed by atoms with Crippen molar-refractivity contribution in [2.75, 3.05) is 18.0 Å². The second-order valence-electron chi connectivity index (χ2n) is 9.22. The highest BCUT2D eigenvalue weighted by Crippen LogP contribution is 2.32. The molecule has 2 fully saturated rings. The number of nitrogens with zero attached hydrogens (tertiary/aromatic N) is 5. The van der Waals surface area contributed by atoms with Crippen LogP contribution in [-0.2, 0) is 6.54 Å². The van der Waals surface area contributed by atoms with Gasteiger partial charge in [-0.2, -0.15) is 0 Å². The van der Waals surface area contributed by atoms with Crippen molar-refractivity contribution in [2.45, 2.75) is 38.3 Å². The maximum Gasteiger partial charge on any atom is 0.417 e. The van der Waals surface area contributed by atoms with Gasteiger partial charge in [0.2, 0.25) is 5.88 Å². The van der Waals surface area contributed by atoms with Crippen molar-refractivity contribution in [1.29, 1.82) is 0 Å². The number of carbonyl (C=O) groups excluding carboxylic acids is 1. The first kappa shape index (κ1) is 21.5. The summed E-state index contributed by atoms with van der Waals surface area (Å²) in [6, 6.07) is 20.3. The number of amides is 1. The summed E-state index contributed by atoms with van der Waals surface area (Å²) >= 11 is 0. The van der Waals surface area contributed by atoms with Crippen LogP contribution in [0, 0.1) is 0 Å². The first-order valence-corrected chi connectivity index (χ1v) is 12.2. The van der Waals surface area contributed by atoms with E-state index in [9.17, 15) is 4.79 Å². The lowest BCUT2D eigenvalue weighted by Crippen LogP contribution is -2.35. The molecule has 176 valence electrons. The summed E-state index contributed by atoms with van der Waals surface area (Å²) in [4.78, 5) is 30.3. The number of hydrogen-bond acceptors (Lipinski definition) is 6. The lowest BCUT2D eigenvalue weighted by Gasteiger charge is -2.22. The molecule has 1 saturated carbocycles. The molecule has 6 rings (SSSR count). The first-order chi connectivity index (χ1) is 17.2. The maximum atomic E-state index is 12.9. The molecular formula is C28H27N5O2. The molecule has 4 aromatic rings. The van der Waals surface area contributed by atoms with Gasteiger partial charge in [0.15, 0.2) is 0 Å². The van der Waals surface area contributed by atoms with Gasteiger partial charge in [-0.3, -0.25) is 0 Å². The van der Waals surface area contributed by atoms with Crippen LogP contribution >= 0.6 is 0 Å². The Morgan fingerprint density at radius 3 is 2.60 bits per heavy atom. The van der Waals surface area contributed by atoms with Gasteiger partial charge in [-0.25, -0.2) is 19.7 Å². The van der Waals surface area contributed by atoms with Gasteiger partial charge in [0.05, 0.1) is 5.52 Å². The summed E-state index contributed by atoms with van der Waals surface area (Å²) in [6.45, 7) is 2.58. The number of rotatable bonds is 6. The number of pyridine rings is 1. The zero-order valence-electron chi connectivity index (χ0n) is 19.5. The molecule has 2 aromatic carbocycles. The van der Waals surface area contributed by atoms with E-state index in [2.05, 4.69) is 56.3 Å². The topological polar surface area (TPSA) is 71.5 Å². The number of carbonyl (C=O) groups is 1. The summed E-state index contributed by atoms with van der Waals surface area (Å²) < 4.78 is 5.53. The molecule has 2 aromatic heterocycles. The number of aromatic nitrogens is 3. The quantitative estimate of drug-likeness (QED) is 0.377. The monoisotopic (exact) mass is 465 g/mol. The summed E-state index contributed by atoms with van der Waals surface area (Å²) in [7, 11) is 0. The highest BCUT2D eigenvalue weighted by Gasteiger charge is 2.34. The van der Waals surface area contributed by atoms with Gasteiger partial charge in [-0.15, -0.1) is 0 Å². The van der Waals surface area contributed by atoms with Crippen LogP contribution in [0.1, 0.15) is 31.2 Å². The maximum absolute atomic E-state index is 12.9. The number of anilines is 1. The van der Waals surface area contributed by atoms with Crippen LogP contribution in [0.25, 0.3) is 22.0 Å². The van der Waals surface area contributed by atoms with Crippen LogP contribution in [0.3, 0.4) is 0 Å². The van der Waals surface area contributed by atoms with E-state index >= 15 is 0 Å². The van der Waals surface area contributed by atoms with Gasteiger partial charge in [0.1, 0.15) is 12.1 Å².